The molecular formula is C13H12N4O3S. The molecule has 0 radical (unpaired) electrons. The van der Waals surface area contributed by atoms with Crippen LogP contribution in [0.2, 0.25) is 0 Å². The van der Waals surface area contributed by atoms with E-state index < -0.39 is 10.8 Å². The van der Waals surface area contributed by atoms with Crippen LogP contribution in [-0.4, -0.2) is 21.0 Å². The predicted molar refractivity (Wildman–Crippen MR) is 80.3 cm³/mol. The molecule has 1 heterocycles. The van der Waals surface area contributed by atoms with Gasteiger partial charge in [-0.05, 0) is 25.5 Å². The van der Waals surface area contributed by atoms with E-state index in [-0.39, 0.29) is 11.3 Å². The number of non-ortho nitro benzene ring substituents is 1. The molecular weight excluding hydrogens is 292 g/mol. The van der Waals surface area contributed by atoms with Crippen LogP contribution >= 0.6 is 11.3 Å². The van der Waals surface area contributed by atoms with Gasteiger partial charge in [-0.2, -0.15) is 0 Å². The van der Waals surface area contributed by atoms with Gasteiger partial charge in [-0.1, -0.05) is 23.5 Å². The van der Waals surface area contributed by atoms with Crippen molar-refractivity contribution in [3.8, 4) is 0 Å². The Morgan fingerprint density at radius 1 is 1.43 bits per heavy atom. The number of hydrogen-bond acceptors (Lipinski definition) is 6. The van der Waals surface area contributed by atoms with E-state index in [1.807, 2.05) is 19.9 Å². The van der Waals surface area contributed by atoms with Gasteiger partial charge in [0.1, 0.15) is 5.01 Å². The van der Waals surface area contributed by atoms with E-state index in [4.69, 9.17) is 0 Å². The lowest BCUT2D eigenvalue weighted by Gasteiger charge is -2.00. The van der Waals surface area contributed by atoms with Crippen LogP contribution in [0.1, 0.15) is 29.2 Å². The molecule has 2 rings (SSSR count). The summed E-state index contributed by atoms with van der Waals surface area (Å²) in [5, 5.41) is 22.2. The number of nitrogens with one attached hydrogen (secondary N) is 1. The fourth-order valence-corrected chi connectivity index (χ4v) is 2.26. The van der Waals surface area contributed by atoms with Gasteiger partial charge in [-0.25, -0.2) is 0 Å². The third-order valence-corrected chi connectivity index (χ3v) is 3.71. The van der Waals surface area contributed by atoms with Gasteiger partial charge < -0.3 is 0 Å². The molecule has 0 unspecified atom stereocenters. The molecule has 2 aromatic rings. The minimum Gasteiger partial charge on any atom is -0.296 e. The Balaban J connectivity index is 2.16. The zero-order valence-corrected chi connectivity index (χ0v) is 12.2. The van der Waals surface area contributed by atoms with Gasteiger partial charge in [0.2, 0.25) is 5.13 Å². The molecule has 8 heteroatoms. The highest BCUT2D eigenvalue weighted by molar-refractivity contribution is 7.16. The molecule has 7 nitrogen and oxygen atoms in total. The number of amides is 1. The summed E-state index contributed by atoms with van der Waals surface area (Å²) in [6.07, 6.45) is 1.90. The van der Waals surface area contributed by atoms with Crippen molar-refractivity contribution < 1.29 is 9.72 Å². The number of anilines is 1. The molecule has 108 valence electrons. The van der Waals surface area contributed by atoms with E-state index in [0.717, 1.165) is 5.57 Å². The first-order valence-electron chi connectivity index (χ1n) is 6.04. The Bertz CT molecular complexity index is 724. The van der Waals surface area contributed by atoms with Crippen molar-refractivity contribution in [1.82, 2.24) is 10.2 Å². The number of carbonyl (C=O) groups is 1. The number of rotatable bonds is 4. The molecule has 1 N–H and O–H groups in total. The molecule has 21 heavy (non-hydrogen) atoms. The highest BCUT2D eigenvalue weighted by Gasteiger charge is 2.14. The molecule has 0 bridgehead atoms. The summed E-state index contributed by atoms with van der Waals surface area (Å²) in [4.78, 5) is 22.2. The molecule has 0 aliphatic rings. The Labute approximate surface area is 124 Å². The van der Waals surface area contributed by atoms with Gasteiger partial charge in [0.25, 0.3) is 11.6 Å². The van der Waals surface area contributed by atoms with Crippen molar-refractivity contribution in [3.63, 3.8) is 0 Å². The lowest BCUT2D eigenvalue weighted by atomic mass is 10.2. The van der Waals surface area contributed by atoms with E-state index in [0.29, 0.717) is 10.1 Å². The summed E-state index contributed by atoms with van der Waals surface area (Å²) in [7, 11) is 0. The van der Waals surface area contributed by atoms with Crippen LogP contribution < -0.4 is 5.32 Å². The van der Waals surface area contributed by atoms with Gasteiger partial charge in [-0.15, -0.1) is 10.2 Å². The largest absolute Gasteiger partial charge is 0.296 e. The SMILES string of the molecule is C/C=C(\C)c1nnc(NC(=O)c2cccc([N+](=O)[O-])c2)s1. The predicted octanol–water partition coefficient (Wildman–Crippen LogP) is 3.12. The Morgan fingerprint density at radius 2 is 2.19 bits per heavy atom. The quantitative estimate of drug-likeness (QED) is 0.691. The van der Waals surface area contributed by atoms with E-state index in [1.54, 1.807) is 0 Å². The highest BCUT2D eigenvalue weighted by atomic mass is 32.1. The average molecular weight is 304 g/mol. The maximum Gasteiger partial charge on any atom is 0.270 e. The molecule has 0 saturated heterocycles. The molecule has 0 aliphatic heterocycles. The number of benzene rings is 1. The second kappa shape index (κ2) is 6.23. The number of nitro groups is 1. The third kappa shape index (κ3) is 3.48. The Morgan fingerprint density at radius 3 is 2.86 bits per heavy atom. The van der Waals surface area contributed by atoms with Crippen LogP contribution in [-0.2, 0) is 0 Å². The summed E-state index contributed by atoms with van der Waals surface area (Å²) in [6.45, 7) is 3.78. The number of nitrogens with zero attached hydrogens (tertiary/aromatic N) is 3. The first kappa shape index (κ1) is 14.8. The summed E-state index contributed by atoms with van der Waals surface area (Å²) in [6, 6.07) is 5.51. The van der Waals surface area contributed by atoms with Crippen molar-refractivity contribution in [2.45, 2.75) is 13.8 Å². The number of allylic oxidation sites excluding steroid dienone is 2. The molecule has 0 spiro atoms. The second-order valence-corrected chi connectivity index (χ2v) is 5.12. The first-order valence-corrected chi connectivity index (χ1v) is 6.85. The van der Waals surface area contributed by atoms with Crippen LogP contribution in [0.5, 0.6) is 0 Å². The zero-order chi connectivity index (χ0) is 15.4. The first-order chi connectivity index (χ1) is 10.0. The van der Waals surface area contributed by atoms with Crippen molar-refractivity contribution >= 4 is 33.6 Å². The topological polar surface area (TPSA) is 98.0 Å². The molecule has 0 atom stereocenters. The van der Waals surface area contributed by atoms with Crippen molar-refractivity contribution in [1.29, 1.82) is 0 Å². The van der Waals surface area contributed by atoms with Gasteiger partial charge in [0, 0.05) is 17.7 Å². The standard InChI is InChI=1S/C13H12N4O3S/c1-3-8(2)12-15-16-13(21-12)14-11(18)9-5-4-6-10(7-9)17(19)20/h3-7H,1-2H3,(H,14,16,18)/b8-3+. The fraction of sp³-hybridized carbons (Fsp3) is 0.154. The third-order valence-electron chi connectivity index (χ3n) is 2.73. The zero-order valence-electron chi connectivity index (χ0n) is 11.4. The maximum atomic E-state index is 12.0. The van der Waals surface area contributed by atoms with Gasteiger partial charge in [0.05, 0.1) is 4.92 Å². The summed E-state index contributed by atoms with van der Waals surface area (Å²) in [5.41, 5.74) is 1.03. The fourth-order valence-electron chi connectivity index (χ4n) is 1.49. The maximum absolute atomic E-state index is 12.0. The lowest BCUT2D eigenvalue weighted by molar-refractivity contribution is -0.384. The number of aromatic nitrogens is 2. The summed E-state index contributed by atoms with van der Waals surface area (Å²) in [5.74, 6) is -0.459. The van der Waals surface area contributed by atoms with Crippen LogP contribution in [0.15, 0.2) is 30.3 Å². The lowest BCUT2D eigenvalue weighted by Crippen LogP contribution is -2.11. The van der Waals surface area contributed by atoms with Crippen molar-refractivity contribution in [3.05, 3.63) is 51.0 Å². The minimum absolute atomic E-state index is 0.134. The van der Waals surface area contributed by atoms with E-state index >= 15 is 0 Å². The van der Waals surface area contributed by atoms with Gasteiger partial charge in [0.15, 0.2) is 0 Å². The van der Waals surface area contributed by atoms with Crippen LogP contribution in [0.25, 0.3) is 5.57 Å². The second-order valence-electron chi connectivity index (χ2n) is 4.15. The monoisotopic (exact) mass is 304 g/mol. The number of hydrogen-bond donors (Lipinski definition) is 1. The Kier molecular flexibility index (Phi) is 4.39. The van der Waals surface area contributed by atoms with E-state index in [1.165, 1.54) is 35.6 Å². The highest BCUT2D eigenvalue weighted by Crippen LogP contribution is 2.23. The number of carbonyl (C=O) groups excluding carboxylic acids is 1. The molecule has 1 amide bonds. The van der Waals surface area contributed by atoms with Crippen LogP contribution in [0.3, 0.4) is 0 Å². The summed E-state index contributed by atoms with van der Waals surface area (Å²) >= 11 is 1.24. The van der Waals surface area contributed by atoms with Gasteiger partial charge >= 0.3 is 0 Å². The van der Waals surface area contributed by atoms with Crippen LogP contribution in [0.4, 0.5) is 10.8 Å². The average Bonchev–Trinajstić information content (AvgIpc) is 2.95. The van der Waals surface area contributed by atoms with Crippen molar-refractivity contribution in [2.24, 2.45) is 0 Å². The molecule has 1 aromatic carbocycles. The normalized spacial score (nSPS) is 11.2. The van der Waals surface area contributed by atoms with E-state index in [9.17, 15) is 14.9 Å². The van der Waals surface area contributed by atoms with Gasteiger partial charge in [-0.3, -0.25) is 20.2 Å². The summed E-state index contributed by atoms with van der Waals surface area (Å²) < 4.78 is 0. The smallest absolute Gasteiger partial charge is 0.270 e. The van der Waals surface area contributed by atoms with Crippen molar-refractivity contribution in [2.75, 3.05) is 5.32 Å². The van der Waals surface area contributed by atoms with E-state index in [2.05, 4.69) is 15.5 Å². The van der Waals surface area contributed by atoms with Crippen LogP contribution in [0, 0.1) is 10.1 Å². The molecule has 0 fully saturated rings. The molecule has 0 aliphatic carbocycles. The minimum atomic E-state index is -0.546. The Hall–Kier alpha value is -2.61. The molecule has 0 saturated carbocycles. The molecule has 1 aromatic heterocycles. The number of nitro benzene ring substituents is 1.